The van der Waals surface area contributed by atoms with Crippen LogP contribution < -0.4 is 0 Å². The van der Waals surface area contributed by atoms with E-state index >= 15 is 0 Å². The molecule has 9 heteroatoms. The maximum atomic E-state index is 12.5. The molecule has 84 valence electrons. The van der Waals surface area contributed by atoms with Gasteiger partial charge in [-0.2, -0.15) is 0 Å². The van der Waals surface area contributed by atoms with E-state index < -0.39 is 31.1 Å². The van der Waals surface area contributed by atoms with Gasteiger partial charge in [-0.05, 0) is 0 Å². The van der Waals surface area contributed by atoms with Gasteiger partial charge in [-0.25, -0.2) is 22.2 Å². The zero-order chi connectivity index (χ0) is 11.8. The Morgan fingerprint density at radius 1 is 1.33 bits per heavy atom. The number of nitrogens with zero attached hydrogens (tertiary/aromatic N) is 1. The molecule has 0 saturated heterocycles. The molecule has 0 aliphatic heterocycles. The van der Waals surface area contributed by atoms with Gasteiger partial charge in [0.15, 0.2) is 5.03 Å². The second-order valence-electron chi connectivity index (χ2n) is 2.38. The molecule has 0 aliphatic carbocycles. The molecule has 1 heterocycles. The minimum atomic E-state index is -4.38. The van der Waals surface area contributed by atoms with E-state index in [9.17, 15) is 17.2 Å². The van der Waals surface area contributed by atoms with Crippen LogP contribution in [0.4, 0.5) is 8.78 Å². The summed E-state index contributed by atoms with van der Waals surface area (Å²) in [5, 5.41) is -1.81. The van der Waals surface area contributed by atoms with Crippen LogP contribution in [0.5, 0.6) is 0 Å². The third kappa shape index (κ3) is 2.69. The SMILES string of the molecule is O=S(=O)(Cl)c1ncc(Cl)c(Cl)c1C(F)F. The molecule has 0 bridgehead atoms. The van der Waals surface area contributed by atoms with E-state index in [1.807, 2.05) is 0 Å². The highest BCUT2D eigenvalue weighted by Crippen LogP contribution is 2.36. The third-order valence-corrected chi connectivity index (χ3v) is 3.44. The monoisotopic (exact) mass is 295 g/mol. The Bertz CT molecular complexity index is 491. The Morgan fingerprint density at radius 2 is 1.87 bits per heavy atom. The molecule has 0 aliphatic rings. The molecular formula is C6H2Cl3F2NO2S. The predicted octanol–water partition coefficient (Wildman–Crippen LogP) is 3.25. The summed E-state index contributed by atoms with van der Waals surface area (Å²) in [6.07, 6.45) is -2.29. The summed E-state index contributed by atoms with van der Waals surface area (Å²) in [5.41, 5.74) is -0.987. The zero-order valence-corrected chi connectivity index (χ0v) is 9.80. The van der Waals surface area contributed by atoms with Gasteiger partial charge in [-0.1, -0.05) is 23.2 Å². The highest BCUT2D eigenvalue weighted by Gasteiger charge is 2.27. The van der Waals surface area contributed by atoms with Crippen LogP contribution in [-0.2, 0) is 9.05 Å². The van der Waals surface area contributed by atoms with E-state index in [-0.39, 0.29) is 5.02 Å². The zero-order valence-electron chi connectivity index (χ0n) is 6.72. The van der Waals surface area contributed by atoms with Crippen molar-refractivity contribution in [2.45, 2.75) is 11.5 Å². The lowest BCUT2D eigenvalue weighted by Crippen LogP contribution is -2.03. The standard InChI is InChI=1S/C6H2Cl3F2NO2S/c7-2-1-12-6(15(9,13)14)3(4(2)8)5(10)11/h1,5H. The quantitative estimate of drug-likeness (QED) is 0.787. The smallest absolute Gasteiger partial charge is 0.241 e. The van der Waals surface area contributed by atoms with Gasteiger partial charge in [-0.3, -0.25) is 0 Å². The van der Waals surface area contributed by atoms with Gasteiger partial charge in [0.2, 0.25) is 0 Å². The summed E-state index contributed by atoms with van der Waals surface area (Å²) in [6.45, 7) is 0. The lowest BCUT2D eigenvalue weighted by atomic mass is 10.3. The molecule has 0 radical (unpaired) electrons. The third-order valence-electron chi connectivity index (χ3n) is 1.42. The molecule has 0 fully saturated rings. The Kier molecular flexibility index (Phi) is 3.76. The second-order valence-corrected chi connectivity index (χ2v) is 5.64. The first-order valence-corrected chi connectivity index (χ1v) is 6.38. The molecule has 1 aromatic rings. The van der Waals surface area contributed by atoms with Crippen molar-refractivity contribution in [1.29, 1.82) is 0 Å². The van der Waals surface area contributed by atoms with E-state index in [4.69, 9.17) is 33.9 Å². The first-order valence-electron chi connectivity index (χ1n) is 3.32. The normalized spacial score (nSPS) is 12.1. The van der Waals surface area contributed by atoms with Crippen LogP contribution in [-0.4, -0.2) is 13.4 Å². The van der Waals surface area contributed by atoms with Crippen LogP contribution in [0.3, 0.4) is 0 Å². The van der Waals surface area contributed by atoms with E-state index in [1.54, 1.807) is 0 Å². The minimum Gasteiger partial charge on any atom is -0.241 e. The van der Waals surface area contributed by atoms with Gasteiger partial charge in [0.25, 0.3) is 15.5 Å². The van der Waals surface area contributed by atoms with Crippen molar-refractivity contribution in [2.24, 2.45) is 0 Å². The van der Waals surface area contributed by atoms with Crippen molar-refractivity contribution < 1.29 is 17.2 Å². The molecule has 1 rings (SSSR count). The molecule has 0 amide bonds. The van der Waals surface area contributed by atoms with E-state index in [2.05, 4.69) is 4.98 Å². The van der Waals surface area contributed by atoms with E-state index in [0.717, 1.165) is 6.20 Å². The molecule has 0 N–H and O–H groups in total. The fourth-order valence-electron chi connectivity index (χ4n) is 0.847. The fourth-order valence-corrected chi connectivity index (χ4v) is 2.28. The van der Waals surface area contributed by atoms with Crippen molar-refractivity contribution in [2.75, 3.05) is 0 Å². The number of halogens is 5. The molecule has 0 aromatic carbocycles. The van der Waals surface area contributed by atoms with Crippen molar-refractivity contribution in [3.05, 3.63) is 21.8 Å². The average molecular weight is 297 g/mol. The predicted molar refractivity (Wildman–Crippen MR) is 52.3 cm³/mol. The molecule has 0 spiro atoms. The van der Waals surface area contributed by atoms with Gasteiger partial charge >= 0.3 is 0 Å². The van der Waals surface area contributed by atoms with Gasteiger partial charge in [0, 0.05) is 16.9 Å². The van der Waals surface area contributed by atoms with Crippen molar-refractivity contribution in [3.8, 4) is 0 Å². The summed E-state index contributed by atoms with van der Waals surface area (Å²) in [6, 6.07) is 0. The van der Waals surface area contributed by atoms with Crippen molar-refractivity contribution >= 4 is 42.9 Å². The Hall–Kier alpha value is -0.170. The largest absolute Gasteiger partial charge is 0.279 e. The van der Waals surface area contributed by atoms with Crippen LogP contribution in [0.2, 0.25) is 10.0 Å². The molecule has 15 heavy (non-hydrogen) atoms. The van der Waals surface area contributed by atoms with Gasteiger partial charge < -0.3 is 0 Å². The van der Waals surface area contributed by atoms with Crippen LogP contribution >= 0.6 is 33.9 Å². The first kappa shape index (κ1) is 12.9. The number of hydrogen-bond acceptors (Lipinski definition) is 3. The maximum absolute atomic E-state index is 12.5. The summed E-state index contributed by atoms with van der Waals surface area (Å²) < 4.78 is 46.8. The molecular weight excluding hydrogens is 294 g/mol. The Balaban J connectivity index is 3.62. The highest BCUT2D eigenvalue weighted by molar-refractivity contribution is 8.13. The number of pyridine rings is 1. The molecule has 0 unspecified atom stereocenters. The fraction of sp³-hybridized carbons (Fsp3) is 0.167. The number of rotatable bonds is 2. The van der Waals surface area contributed by atoms with Crippen LogP contribution in [0.15, 0.2) is 11.2 Å². The summed E-state index contributed by atoms with van der Waals surface area (Å²) in [7, 11) is 0.527. The average Bonchev–Trinajstić information content (AvgIpc) is 2.06. The first-order chi connectivity index (χ1) is 6.75. The number of hydrogen-bond donors (Lipinski definition) is 0. The van der Waals surface area contributed by atoms with Crippen molar-refractivity contribution in [1.82, 2.24) is 4.98 Å². The molecule has 0 atom stereocenters. The summed E-state index contributed by atoms with van der Waals surface area (Å²) >= 11 is 10.8. The van der Waals surface area contributed by atoms with E-state index in [0.29, 0.717) is 0 Å². The lowest BCUT2D eigenvalue weighted by molar-refractivity contribution is 0.147. The van der Waals surface area contributed by atoms with Crippen molar-refractivity contribution in [3.63, 3.8) is 0 Å². The van der Waals surface area contributed by atoms with Gasteiger partial charge in [0.05, 0.1) is 15.6 Å². The summed E-state index contributed by atoms with van der Waals surface area (Å²) in [5.74, 6) is 0. The molecule has 1 aromatic heterocycles. The molecule has 0 saturated carbocycles. The molecule has 3 nitrogen and oxygen atoms in total. The van der Waals surface area contributed by atoms with Crippen LogP contribution in [0, 0.1) is 0 Å². The van der Waals surface area contributed by atoms with Gasteiger partial charge in [0.1, 0.15) is 0 Å². The lowest BCUT2D eigenvalue weighted by Gasteiger charge is -2.07. The Labute approximate surface area is 98.4 Å². The van der Waals surface area contributed by atoms with E-state index in [1.165, 1.54) is 0 Å². The van der Waals surface area contributed by atoms with Crippen LogP contribution in [0.25, 0.3) is 0 Å². The number of aromatic nitrogens is 1. The minimum absolute atomic E-state index is 0.268. The second kappa shape index (κ2) is 4.37. The van der Waals surface area contributed by atoms with Crippen LogP contribution in [0.1, 0.15) is 12.0 Å². The Morgan fingerprint density at radius 3 is 2.27 bits per heavy atom. The summed E-state index contributed by atoms with van der Waals surface area (Å²) in [4.78, 5) is 3.22. The number of alkyl halides is 2. The maximum Gasteiger partial charge on any atom is 0.279 e. The highest BCUT2D eigenvalue weighted by atomic mass is 35.7. The van der Waals surface area contributed by atoms with Gasteiger partial charge in [-0.15, -0.1) is 0 Å². The topological polar surface area (TPSA) is 47.0 Å².